The molecule has 5 nitrogen and oxygen atoms in total. The summed E-state index contributed by atoms with van der Waals surface area (Å²) >= 11 is 0. The van der Waals surface area contributed by atoms with E-state index in [4.69, 9.17) is 0 Å². The van der Waals surface area contributed by atoms with Gasteiger partial charge in [-0.05, 0) is 18.4 Å². The van der Waals surface area contributed by atoms with Gasteiger partial charge in [0.15, 0.2) is 5.69 Å². The van der Waals surface area contributed by atoms with E-state index >= 15 is 0 Å². The first-order valence-electron chi connectivity index (χ1n) is 7.78. The number of aryl methyl sites for hydroxylation is 1. The number of aromatic nitrogens is 4. The van der Waals surface area contributed by atoms with E-state index in [2.05, 4.69) is 15.0 Å². The van der Waals surface area contributed by atoms with Gasteiger partial charge in [-0.2, -0.15) is 26.3 Å². The Balaban J connectivity index is 1.70. The molecule has 0 radical (unpaired) electrons. The van der Waals surface area contributed by atoms with Crippen LogP contribution in [0, 0.1) is 5.92 Å². The number of alkyl halides is 6. The molecule has 2 aromatic heterocycles. The first kappa shape index (κ1) is 18.5. The summed E-state index contributed by atoms with van der Waals surface area (Å²) in [6.45, 7) is 0.627. The first-order valence-corrected chi connectivity index (χ1v) is 7.78. The van der Waals surface area contributed by atoms with E-state index in [0.717, 1.165) is 18.5 Å². The summed E-state index contributed by atoms with van der Waals surface area (Å²) in [7, 11) is 1.56. The van der Waals surface area contributed by atoms with Crippen molar-refractivity contribution < 1.29 is 26.3 Å². The molecule has 0 spiro atoms. The number of rotatable bonds is 3. The van der Waals surface area contributed by atoms with Crippen LogP contribution in [0.1, 0.15) is 23.6 Å². The van der Waals surface area contributed by atoms with Crippen LogP contribution in [-0.2, 0) is 25.3 Å². The molecule has 0 N–H and O–H groups in total. The molecule has 3 heterocycles. The molecule has 0 unspecified atom stereocenters. The van der Waals surface area contributed by atoms with Crippen molar-refractivity contribution in [1.29, 1.82) is 0 Å². The third-order valence-electron chi connectivity index (χ3n) is 4.19. The van der Waals surface area contributed by atoms with Gasteiger partial charge in [-0.3, -0.25) is 0 Å². The van der Waals surface area contributed by atoms with E-state index in [0.29, 0.717) is 31.8 Å². The summed E-state index contributed by atoms with van der Waals surface area (Å²) in [5, 5.41) is 0. The molecule has 11 heteroatoms. The molecular formula is C15H15F6N5. The van der Waals surface area contributed by atoms with E-state index in [1.54, 1.807) is 7.05 Å². The predicted octanol–water partition coefficient (Wildman–Crippen LogP) is 3.41. The Kier molecular flexibility index (Phi) is 4.57. The molecule has 0 saturated heterocycles. The standard InChI is InChI=1S/C15H15F6N5/c1-25(13-22-5-4-10(24-13)14(16,17)18)6-9-2-3-12-23-11(15(19,20)21)8-26(12)7-9/h4-5,8-9H,2-3,6-7H2,1H3/t9-/m0/s1. The zero-order chi connectivity index (χ0) is 19.1. The molecule has 0 aliphatic carbocycles. The fourth-order valence-corrected chi connectivity index (χ4v) is 2.96. The lowest BCUT2D eigenvalue weighted by Crippen LogP contribution is -2.32. The molecule has 142 valence electrons. The largest absolute Gasteiger partial charge is 0.434 e. The van der Waals surface area contributed by atoms with Crippen molar-refractivity contribution in [2.45, 2.75) is 31.7 Å². The van der Waals surface area contributed by atoms with Gasteiger partial charge in [0.2, 0.25) is 5.95 Å². The summed E-state index contributed by atoms with van der Waals surface area (Å²) in [6.07, 6.45) is -6.10. The first-order chi connectivity index (χ1) is 12.0. The highest BCUT2D eigenvalue weighted by Crippen LogP contribution is 2.31. The molecule has 0 aromatic carbocycles. The molecule has 26 heavy (non-hydrogen) atoms. The smallest absolute Gasteiger partial charge is 0.344 e. The Hall–Kier alpha value is -2.33. The van der Waals surface area contributed by atoms with E-state index in [9.17, 15) is 26.3 Å². The predicted molar refractivity (Wildman–Crippen MR) is 79.3 cm³/mol. The molecule has 2 aromatic rings. The van der Waals surface area contributed by atoms with Crippen molar-refractivity contribution in [1.82, 2.24) is 19.5 Å². The van der Waals surface area contributed by atoms with Gasteiger partial charge in [-0.15, -0.1) is 0 Å². The Morgan fingerprint density at radius 1 is 1.12 bits per heavy atom. The number of hydrogen-bond donors (Lipinski definition) is 0. The van der Waals surface area contributed by atoms with Gasteiger partial charge in [0.25, 0.3) is 0 Å². The van der Waals surface area contributed by atoms with Gasteiger partial charge < -0.3 is 9.47 Å². The zero-order valence-electron chi connectivity index (χ0n) is 13.6. The highest BCUT2D eigenvalue weighted by molar-refractivity contribution is 5.29. The van der Waals surface area contributed by atoms with E-state index < -0.39 is 23.7 Å². The summed E-state index contributed by atoms with van der Waals surface area (Å²) in [5.41, 5.74) is -1.97. The molecule has 3 rings (SSSR count). The molecule has 0 bridgehead atoms. The SMILES string of the molecule is CN(C[C@@H]1CCc2nc(C(F)(F)F)cn2C1)c1nccc(C(F)(F)F)n1. The maximum absolute atomic E-state index is 12.7. The number of halogens is 6. The minimum Gasteiger partial charge on any atom is -0.344 e. The Morgan fingerprint density at radius 2 is 1.81 bits per heavy atom. The van der Waals surface area contributed by atoms with E-state index in [1.165, 1.54) is 9.47 Å². The third-order valence-corrected chi connectivity index (χ3v) is 4.19. The normalized spacial score (nSPS) is 17.9. The Bertz CT molecular complexity index is 782. The highest BCUT2D eigenvalue weighted by Gasteiger charge is 2.36. The van der Waals surface area contributed by atoms with Gasteiger partial charge in [-0.25, -0.2) is 15.0 Å². The highest BCUT2D eigenvalue weighted by atomic mass is 19.4. The van der Waals surface area contributed by atoms with Gasteiger partial charge >= 0.3 is 12.4 Å². The maximum Gasteiger partial charge on any atom is 0.434 e. The van der Waals surface area contributed by atoms with Crippen molar-refractivity contribution in [2.24, 2.45) is 5.92 Å². The lowest BCUT2D eigenvalue weighted by Gasteiger charge is -2.28. The summed E-state index contributed by atoms with van der Waals surface area (Å²) in [5.74, 6) is 0.236. The molecule has 1 atom stereocenters. The van der Waals surface area contributed by atoms with Crippen LogP contribution in [0.5, 0.6) is 0 Å². The fourth-order valence-electron chi connectivity index (χ4n) is 2.96. The van der Waals surface area contributed by atoms with Crippen LogP contribution in [0.4, 0.5) is 32.3 Å². The molecule has 1 aliphatic heterocycles. The second-order valence-electron chi connectivity index (χ2n) is 6.22. The van der Waals surface area contributed by atoms with Gasteiger partial charge in [0.1, 0.15) is 11.5 Å². The van der Waals surface area contributed by atoms with Crippen LogP contribution in [0.2, 0.25) is 0 Å². The number of fused-ring (bicyclic) bond motifs is 1. The van der Waals surface area contributed by atoms with Gasteiger partial charge in [-0.1, -0.05) is 0 Å². The second-order valence-corrected chi connectivity index (χ2v) is 6.22. The number of hydrogen-bond acceptors (Lipinski definition) is 4. The van der Waals surface area contributed by atoms with Crippen LogP contribution in [0.3, 0.4) is 0 Å². The Morgan fingerprint density at radius 3 is 2.46 bits per heavy atom. The van der Waals surface area contributed by atoms with Crippen molar-refractivity contribution in [2.75, 3.05) is 18.5 Å². The molecule has 0 amide bonds. The monoisotopic (exact) mass is 379 g/mol. The topological polar surface area (TPSA) is 46.8 Å². The summed E-state index contributed by atoms with van der Waals surface area (Å²) in [6, 6.07) is 0.786. The van der Waals surface area contributed by atoms with Crippen LogP contribution >= 0.6 is 0 Å². The molecule has 0 fully saturated rings. The fraction of sp³-hybridized carbons (Fsp3) is 0.533. The number of anilines is 1. The zero-order valence-corrected chi connectivity index (χ0v) is 13.6. The minimum atomic E-state index is -4.57. The van der Waals surface area contributed by atoms with Crippen molar-refractivity contribution in [3.8, 4) is 0 Å². The number of imidazole rings is 1. The summed E-state index contributed by atoms with van der Waals surface area (Å²) in [4.78, 5) is 12.4. The van der Waals surface area contributed by atoms with Crippen molar-refractivity contribution in [3.63, 3.8) is 0 Å². The maximum atomic E-state index is 12.7. The minimum absolute atomic E-state index is 0.0547. The molecule has 1 aliphatic rings. The van der Waals surface area contributed by atoms with Crippen LogP contribution in [0.25, 0.3) is 0 Å². The lowest BCUT2D eigenvalue weighted by atomic mass is 9.99. The third kappa shape index (κ3) is 3.91. The van der Waals surface area contributed by atoms with E-state index in [1.807, 2.05) is 0 Å². The van der Waals surface area contributed by atoms with Gasteiger partial charge in [0.05, 0.1) is 0 Å². The lowest BCUT2D eigenvalue weighted by molar-refractivity contribution is -0.141. The Labute approximate surface area is 144 Å². The average Bonchev–Trinajstić information content (AvgIpc) is 2.98. The van der Waals surface area contributed by atoms with Crippen LogP contribution in [-0.4, -0.2) is 33.1 Å². The number of nitrogens with zero attached hydrogens (tertiary/aromatic N) is 5. The van der Waals surface area contributed by atoms with Crippen molar-refractivity contribution >= 4 is 5.95 Å². The second kappa shape index (κ2) is 6.44. The average molecular weight is 379 g/mol. The van der Waals surface area contributed by atoms with Crippen LogP contribution in [0.15, 0.2) is 18.5 Å². The quantitative estimate of drug-likeness (QED) is 0.767. The molecular weight excluding hydrogens is 364 g/mol. The summed E-state index contributed by atoms with van der Waals surface area (Å²) < 4.78 is 77.9. The van der Waals surface area contributed by atoms with E-state index in [-0.39, 0.29) is 11.9 Å². The van der Waals surface area contributed by atoms with Crippen LogP contribution < -0.4 is 4.90 Å². The molecule has 0 saturated carbocycles. The van der Waals surface area contributed by atoms with Crippen molar-refractivity contribution in [3.05, 3.63) is 35.7 Å². The van der Waals surface area contributed by atoms with Gasteiger partial charge in [0, 0.05) is 39.0 Å².